The van der Waals surface area contributed by atoms with Gasteiger partial charge in [-0.25, -0.2) is 0 Å². The Labute approximate surface area is 140 Å². The molecule has 3 atom stereocenters. The van der Waals surface area contributed by atoms with Gasteiger partial charge in [-0.15, -0.1) is 0 Å². The second-order valence-corrected chi connectivity index (χ2v) is 7.39. The lowest BCUT2D eigenvalue weighted by atomic mass is 9.74. The molecular weight excluding hydrogens is 298 g/mol. The molecule has 4 heteroatoms. The van der Waals surface area contributed by atoms with E-state index in [0.717, 1.165) is 19.4 Å². The van der Waals surface area contributed by atoms with Gasteiger partial charge in [-0.2, -0.15) is 0 Å². The van der Waals surface area contributed by atoms with Crippen LogP contribution in [0.25, 0.3) is 10.9 Å². The predicted octanol–water partition coefficient (Wildman–Crippen LogP) is 2.97. The lowest BCUT2D eigenvalue weighted by molar-refractivity contribution is -0.0343. The SMILES string of the molecule is C[C@]12c3cnccc3C[C@@H]3OC[C@H](Cc4c1[nH]c1ccccc41)N32. The number of rotatable bonds is 0. The van der Waals surface area contributed by atoms with E-state index in [4.69, 9.17) is 4.74 Å². The Balaban J connectivity index is 1.72. The van der Waals surface area contributed by atoms with Gasteiger partial charge in [0.1, 0.15) is 6.23 Å². The summed E-state index contributed by atoms with van der Waals surface area (Å²) >= 11 is 0. The molecule has 0 bridgehead atoms. The first-order chi connectivity index (χ1) is 11.8. The lowest BCUT2D eigenvalue weighted by Crippen LogP contribution is -2.58. The van der Waals surface area contributed by atoms with Crippen LogP contribution in [0.4, 0.5) is 0 Å². The Morgan fingerprint density at radius 1 is 1.25 bits per heavy atom. The number of para-hydroxylation sites is 1. The van der Waals surface area contributed by atoms with Gasteiger partial charge in [0.25, 0.3) is 0 Å². The topological polar surface area (TPSA) is 41.1 Å². The summed E-state index contributed by atoms with van der Waals surface area (Å²) in [6, 6.07) is 11.3. The average Bonchev–Trinajstić information content (AvgIpc) is 3.19. The summed E-state index contributed by atoms with van der Waals surface area (Å²) in [5.41, 5.74) is 6.50. The van der Waals surface area contributed by atoms with Crippen LogP contribution >= 0.6 is 0 Å². The standard InChI is InChI=1S/C20H19N3O/c1-20-16-10-21-7-6-12(16)8-18-23(20)13(11-24-18)9-15-14-4-2-3-5-17(14)22-19(15)20/h2-7,10,13,18,22H,8-9,11H2,1H3/t13-,18-,20-/m0/s1. The van der Waals surface area contributed by atoms with Crippen LogP contribution in [0.1, 0.15) is 29.3 Å². The van der Waals surface area contributed by atoms with Crippen molar-refractivity contribution in [2.24, 2.45) is 0 Å². The normalized spacial score (nSPS) is 30.9. The van der Waals surface area contributed by atoms with Gasteiger partial charge in [-0.05, 0) is 42.2 Å². The Hall–Kier alpha value is -2.17. The van der Waals surface area contributed by atoms with Crippen LogP contribution in [-0.4, -0.2) is 33.7 Å². The van der Waals surface area contributed by atoms with Crippen LogP contribution in [0.2, 0.25) is 0 Å². The summed E-state index contributed by atoms with van der Waals surface area (Å²) in [7, 11) is 0. The van der Waals surface area contributed by atoms with E-state index in [1.807, 2.05) is 6.20 Å². The highest BCUT2D eigenvalue weighted by Crippen LogP contribution is 2.51. The molecule has 0 aliphatic carbocycles. The zero-order valence-electron chi connectivity index (χ0n) is 13.6. The number of nitrogens with zero attached hydrogens (tertiary/aromatic N) is 2. The van der Waals surface area contributed by atoms with Crippen LogP contribution in [0.15, 0.2) is 42.7 Å². The lowest BCUT2D eigenvalue weighted by Gasteiger charge is -2.51. The molecule has 1 aromatic carbocycles. The van der Waals surface area contributed by atoms with Gasteiger partial charge in [0, 0.05) is 41.5 Å². The highest BCUT2D eigenvalue weighted by atomic mass is 16.5. The van der Waals surface area contributed by atoms with Crippen LogP contribution < -0.4 is 0 Å². The maximum atomic E-state index is 6.20. The van der Waals surface area contributed by atoms with Crippen molar-refractivity contribution < 1.29 is 4.74 Å². The maximum Gasteiger partial charge on any atom is 0.116 e. The highest BCUT2D eigenvalue weighted by molar-refractivity contribution is 5.86. The zero-order chi connectivity index (χ0) is 15.9. The molecule has 0 radical (unpaired) electrons. The van der Waals surface area contributed by atoms with Gasteiger partial charge < -0.3 is 9.72 Å². The quantitative estimate of drug-likeness (QED) is 0.693. The van der Waals surface area contributed by atoms with Gasteiger partial charge in [-0.1, -0.05) is 18.2 Å². The molecule has 3 aliphatic heterocycles. The van der Waals surface area contributed by atoms with Crippen LogP contribution in [-0.2, 0) is 23.1 Å². The van der Waals surface area contributed by atoms with Crippen LogP contribution in [0, 0.1) is 0 Å². The van der Waals surface area contributed by atoms with E-state index < -0.39 is 0 Å². The molecule has 3 aliphatic rings. The van der Waals surface area contributed by atoms with Crippen molar-refractivity contribution in [3.05, 3.63) is 65.1 Å². The van der Waals surface area contributed by atoms with Crippen molar-refractivity contribution in [1.29, 1.82) is 0 Å². The number of aromatic nitrogens is 2. The summed E-state index contributed by atoms with van der Waals surface area (Å²) in [6.07, 6.45) is 6.15. The second kappa shape index (κ2) is 4.26. The average molecular weight is 317 g/mol. The van der Waals surface area contributed by atoms with Crippen molar-refractivity contribution in [3.8, 4) is 0 Å². The molecule has 0 saturated carbocycles. The van der Waals surface area contributed by atoms with Crippen molar-refractivity contribution in [2.45, 2.75) is 37.6 Å². The number of ether oxygens (including phenoxy) is 1. The molecule has 0 amide bonds. The molecule has 120 valence electrons. The fraction of sp³-hybridized carbons (Fsp3) is 0.350. The van der Waals surface area contributed by atoms with E-state index in [0.29, 0.717) is 6.04 Å². The van der Waals surface area contributed by atoms with Crippen LogP contribution in [0.5, 0.6) is 0 Å². The summed E-state index contributed by atoms with van der Waals surface area (Å²) in [6.45, 7) is 3.16. The Kier molecular flexibility index (Phi) is 2.34. The molecule has 1 N–H and O–H groups in total. The Morgan fingerprint density at radius 2 is 2.17 bits per heavy atom. The minimum absolute atomic E-state index is 0.175. The third-order valence-electron chi connectivity index (χ3n) is 6.27. The molecule has 24 heavy (non-hydrogen) atoms. The van der Waals surface area contributed by atoms with E-state index in [1.165, 1.54) is 33.3 Å². The van der Waals surface area contributed by atoms with Crippen molar-refractivity contribution in [3.63, 3.8) is 0 Å². The third-order valence-corrected chi connectivity index (χ3v) is 6.27. The summed E-state index contributed by atoms with van der Waals surface area (Å²) in [4.78, 5) is 10.8. The largest absolute Gasteiger partial charge is 0.361 e. The molecule has 0 unspecified atom stereocenters. The third kappa shape index (κ3) is 1.40. The van der Waals surface area contributed by atoms with Crippen molar-refractivity contribution in [1.82, 2.24) is 14.9 Å². The number of fused-ring (bicyclic) bond motifs is 6. The number of benzene rings is 1. The van der Waals surface area contributed by atoms with Gasteiger partial charge in [0.05, 0.1) is 12.1 Å². The molecule has 6 rings (SSSR count). The number of H-pyrrole nitrogens is 1. The van der Waals surface area contributed by atoms with Gasteiger partial charge in [-0.3, -0.25) is 9.88 Å². The molecule has 1 saturated heterocycles. The first kappa shape index (κ1) is 13.2. The highest BCUT2D eigenvalue weighted by Gasteiger charge is 2.55. The first-order valence-corrected chi connectivity index (χ1v) is 8.70. The number of nitrogens with one attached hydrogen (secondary N) is 1. The Bertz CT molecular complexity index is 978. The van der Waals surface area contributed by atoms with E-state index in [9.17, 15) is 0 Å². The van der Waals surface area contributed by atoms with Gasteiger partial charge in [0.2, 0.25) is 0 Å². The molecule has 4 nitrogen and oxygen atoms in total. The molecule has 2 aromatic heterocycles. The summed E-state index contributed by atoms with van der Waals surface area (Å²) in [5.74, 6) is 0. The molecule has 1 fully saturated rings. The number of hydrogen-bond acceptors (Lipinski definition) is 3. The molecule has 3 aromatic rings. The van der Waals surface area contributed by atoms with Gasteiger partial charge in [0.15, 0.2) is 0 Å². The first-order valence-electron chi connectivity index (χ1n) is 8.70. The van der Waals surface area contributed by atoms with Gasteiger partial charge >= 0.3 is 0 Å². The predicted molar refractivity (Wildman–Crippen MR) is 91.8 cm³/mol. The number of pyridine rings is 1. The van der Waals surface area contributed by atoms with Crippen molar-refractivity contribution in [2.75, 3.05) is 6.61 Å². The zero-order valence-corrected chi connectivity index (χ0v) is 13.6. The van der Waals surface area contributed by atoms with E-state index in [2.05, 4.69) is 58.3 Å². The Morgan fingerprint density at radius 3 is 3.12 bits per heavy atom. The van der Waals surface area contributed by atoms with E-state index >= 15 is 0 Å². The molecular formula is C20H19N3O. The molecule has 5 heterocycles. The monoisotopic (exact) mass is 317 g/mol. The van der Waals surface area contributed by atoms with Crippen molar-refractivity contribution >= 4 is 10.9 Å². The second-order valence-electron chi connectivity index (χ2n) is 7.39. The smallest absolute Gasteiger partial charge is 0.116 e. The number of aromatic amines is 1. The summed E-state index contributed by atoms with van der Waals surface area (Å²) in [5, 5.41) is 1.35. The van der Waals surface area contributed by atoms with Crippen LogP contribution in [0.3, 0.4) is 0 Å². The van der Waals surface area contributed by atoms with E-state index in [-0.39, 0.29) is 11.8 Å². The minimum Gasteiger partial charge on any atom is -0.361 e. The molecule has 0 spiro atoms. The van der Waals surface area contributed by atoms with E-state index in [1.54, 1.807) is 0 Å². The maximum absolute atomic E-state index is 6.20. The fourth-order valence-electron chi connectivity index (χ4n) is 5.28. The summed E-state index contributed by atoms with van der Waals surface area (Å²) < 4.78 is 6.20. The number of hydrogen-bond donors (Lipinski definition) is 1. The fourth-order valence-corrected chi connectivity index (χ4v) is 5.28. The minimum atomic E-state index is -0.194.